The summed E-state index contributed by atoms with van der Waals surface area (Å²) in [4.78, 5) is 23.0. The Morgan fingerprint density at radius 2 is 1.53 bits per heavy atom. The fourth-order valence-corrected chi connectivity index (χ4v) is 4.30. The number of piperidine rings is 1. The number of rotatable bonds is 4. The number of nitrogens with one attached hydrogen (secondary N) is 1. The third-order valence-corrected chi connectivity index (χ3v) is 6.06. The van der Waals surface area contributed by atoms with Crippen LogP contribution in [0.25, 0.3) is 22.2 Å². The molecule has 4 aromatic rings. The molecule has 2 heterocycles. The lowest BCUT2D eigenvalue weighted by atomic mass is 9.95. The summed E-state index contributed by atoms with van der Waals surface area (Å²) in [5, 5.41) is 0. The van der Waals surface area contributed by atoms with Crippen molar-refractivity contribution in [1.29, 1.82) is 0 Å². The lowest BCUT2D eigenvalue weighted by Gasteiger charge is -2.31. The summed E-state index contributed by atoms with van der Waals surface area (Å²) in [6.45, 7) is 1.59. The summed E-state index contributed by atoms with van der Waals surface area (Å²) in [6, 6.07) is 26.8. The first-order valence-electron chi connectivity index (χ1n) is 10.6. The first-order valence-corrected chi connectivity index (χ1v) is 10.6. The zero-order valence-corrected chi connectivity index (χ0v) is 16.9. The molecule has 4 nitrogen and oxygen atoms in total. The zero-order chi connectivity index (χ0) is 20.3. The van der Waals surface area contributed by atoms with Crippen molar-refractivity contribution in [3.63, 3.8) is 0 Å². The zero-order valence-electron chi connectivity index (χ0n) is 16.9. The Balaban J connectivity index is 1.19. The van der Waals surface area contributed by atoms with Crippen LogP contribution in [0.4, 0.5) is 0 Å². The van der Waals surface area contributed by atoms with Gasteiger partial charge in [0.05, 0.1) is 17.5 Å². The monoisotopic (exact) mass is 395 g/mol. The molecule has 1 aliphatic rings. The van der Waals surface area contributed by atoms with E-state index < -0.39 is 0 Å². The van der Waals surface area contributed by atoms with Gasteiger partial charge in [-0.1, -0.05) is 66.7 Å². The van der Waals surface area contributed by atoms with Crippen LogP contribution in [-0.2, 0) is 11.2 Å². The van der Waals surface area contributed by atoms with Crippen molar-refractivity contribution >= 4 is 16.9 Å². The van der Waals surface area contributed by atoms with Gasteiger partial charge in [-0.25, -0.2) is 4.98 Å². The number of imidazole rings is 1. The van der Waals surface area contributed by atoms with E-state index in [0.717, 1.165) is 48.4 Å². The molecule has 1 fully saturated rings. The van der Waals surface area contributed by atoms with E-state index in [1.807, 2.05) is 41.3 Å². The third kappa shape index (κ3) is 3.86. The van der Waals surface area contributed by atoms with Gasteiger partial charge in [0.1, 0.15) is 5.82 Å². The fourth-order valence-electron chi connectivity index (χ4n) is 4.30. The number of amides is 1. The predicted octanol–water partition coefficient (Wildman–Crippen LogP) is 5.18. The highest BCUT2D eigenvalue weighted by atomic mass is 16.2. The second kappa shape index (κ2) is 8.15. The number of aromatic amines is 1. The van der Waals surface area contributed by atoms with E-state index in [9.17, 15) is 4.79 Å². The third-order valence-electron chi connectivity index (χ3n) is 6.06. The predicted molar refractivity (Wildman–Crippen MR) is 120 cm³/mol. The molecule has 5 rings (SSSR count). The molecule has 0 saturated carbocycles. The van der Waals surface area contributed by atoms with E-state index in [1.54, 1.807) is 0 Å². The molecule has 0 radical (unpaired) electrons. The highest BCUT2D eigenvalue weighted by Gasteiger charge is 2.25. The van der Waals surface area contributed by atoms with Crippen LogP contribution in [0, 0.1) is 0 Å². The Labute approximate surface area is 176 Å². The van der Waals surface area contributed by atoms with Gasteiger partial charge < -0.3 is 9.88 Å². The molecule has 1 aliphatic heterocycles. The Bertz CT molecular complexity index is 1110. The van der Waals surface area contributed by atoms with Crippen LogP contribution < -0.4 is 0 Å². The highest BCUT2D eigenvalue weighted by Crippen LogP contribution is 2.28. The van der Waals surface area contributed by atoms with E-state index in [1.165, 1.54) is 11.1 Å². The lowest BCUT2D eigenvalue weighted by molar-refractivity contribution is -0.131. The number of carbonyl (C=O) groups is 1. The molecule has 4 heteroatoms. The normalized spacial score (nSPS) is 14.9. The molecule has 1 amide bonds. The average molecular weight is 396 g/mol. The van der Waals surface area contributed by atoms with Crippen molar-refractivity contribution < 1.29 is 4.79 Å². The second-order valence-electron chi connectivity index (χ2n) is 8.03. The van der Waals surface area contributed by atoms with Crippen molar-refractivity contribution in [3.05, 3.63) is 90.3 Å². The SMILES string of the molecule is O=C(Cc1ccc(-c2ccccc2)cc1)N1CCC(c2nc3ccccc3[nH]2)CC1. The Morgan fingerprint density at radius 1 is 0.867 bits per heavy atom. The standard InChI is InChI=1S/C26H25N3O/c30-25(18-19-10-12-21(13-11-19)20-6-2-1-3-7-20)29-16-14-22(15-17-29)26-27-23-8-4-5-9-24(23)28-26/h1-13,22H,14-18H2,(H,27,28). The number of likely N-dealkylation sites (tertiary alicyclic amines) is 1. The van der Waals surface area contributed by atoms with Crippen LogP contribution >= 0.6 is 0 Å². The van der Waals surface area contributed by atoms with Crippen molar-refractivity contribution in [2.45, 2.75) is 25.2 Å². The minimum absolute atomic E-state index is 0.213. The summed E-state index contributed by atoms with van der Waals surface area (Å²) in [6.07, 6.45) is 2.38. The van der Waals surface area contributed by atoms with Crippen LogP contribution in [0.15, 0.2) is 78.9 Å². The maximum Gasteiger partial charge on any atom is 0.226 e. The number of para-hydroxylation sites is 2. The molecule has 0 atom stereocenters. The van der Waals surface area contributed by atoms with Gasteiger partial charge in [0.2, 0.25) is 5.91 Å². The summed E-state index contributed by atoms with van der Waals surface area (Å²) in [5.74, 6) is 1.66. The largest absolute Gasteiger partial charge is 0.342 e. The molecule has 0 aliphatic carbocycles. The summed E-state index contributed by atoms with van der Waals surface area (Å²) in [7, 11) is 0. The van der Waals surface area contributed by atoms with Crippen LogP contribution in [0.1, 0.15) is 30.1 Å². The average Bonchev–Trinajstić information content (AvgIpc) is 3.25. The number of H-pyrrole nitrogens is 1. The molecule has 0 spiro atoms. The van der Waals surface area contributed by atoms with Crippen molar-refractivity contribution in [2.75, 3.05) is 13.1 Å². The summed E-state index contributed by atoms with van der Waals surface area (Å²) < 4.78 is 0. The molecule has 0 bridgehead atoms. The molecule has 0 unspecified atom stereocenters. The second-order valence-corrected chi connectivity index (χ2v) is 8.03. The fraction of sp³-hybridized carbons (Fsp3) is 0.231. The lowest BCUT2D eigenvalue weighted by Crippen LogP contribution is -2.39. The minimum Gasteiger partial charge on any atom is -0.342 e. The molecular formula is C26H25N3O. The van der Waals surface area contributed by atoms with Gasteiger partial charge in [0, 0.05) is 19.0 Å². The van der Waals surface area contributed by atoms with E-state index in [-0.39, 0.29) is 5.91 Å². The maximum atomic E-state index is 12.8. The van der Waals surface area contributed by atoms with Crippen LogP contribution in [-0.4, -0.2) is 33.9 Å². The minimum atomic E-state index is 0.213. The molecule has 1 N–H and O–H groups in total. The van der Waals surface area contributed by atoms with Gasteiger partial charge in [-0.05, 0) is 41.7 Å². The molecule has 1 aromatic heterocycles. The van der Waals surface area contributed by atoms with E-state index in [4.69, 9.17) is 4.98 Å². The first kappa shape index (κ1) is 18.6. The van der Waals surface area contributed by atoms with Gasteiger partial charge in [0.25, 0.3) is 0 Å². The number of hydrogen-bond donors (Lipinski definition) is 1. The molecule has 1 saturated heterocycles. The Morgan fingerprint density at radius 3 is 2.27 bits per heavy atom. The van der Waals surface area contributed by atoms with Gasteiger partial charge in [-0.15, -0.1) is 0 Å². The molecular weight excluding hydrogens is 370 g/mol. The summed E-state index contributed by atoms with van der Waals surface area (Å²) >= 11 is 0. The molecule has 3 aromatic carbocycles. The van der Waals surface area contributed by atoms with Gasteiger partial charge in [-0.3, -0.25) is 4.79 Å². The molecule has 150 valence electrons. The maximum absolute atomic E-state index is 12.8. The summed E-state index contributed by atoms with van der Waals surface area (Å²) in [5.41, 5.74) is 5.55. The quantitative estimate of drug-likeness (QED) is 0.518. The smallest absolute Gasteiger partial charge is 0.226 e. The Kier molecular flexibility index (Phi) is 5.06. The number of nitrogens with zero attached hydrogens (tertiary/aromatic N) is 2. The number of aromatic nitrogens is 2. The Hall–Kier alpha value is -3.40. The number of carbonyl (C=O) groups excluding carboxylic acids is 1. The topological polar surface area (TPSA) is 49.0 Å². The first-order chi connectivity index (χ1) is 14.8. The van der Waals surface area contributed by atoms with Crippen molar-refractivity contribution in [2.24, 2.45) is 0 Å². The van der Waals surface area contributed by atoms with Gasteiger partial charge >= 0.3 is 0 Å². The van der Waals surface area contributed by atoms with Gasteiger partial charge in [0.15, 0.2) is 0 Å². The van der Waals surface area contributed by atoms with Crippen molar-refractivity contribution in [3.8, 4) is 11.1 Å². The molecule has 30 heavy (non-hydrogen) atoms. The van der Waals surface area contributed by atoms with E-state index in [0.29, 0.717) is 12.3 Å². The van der Waals surface area contributed by atoms with Crippen molar-refractivity contribution in [1.82, 2.24) is 14.9 Å². The van der Waals surface area contributed by atoms with E-state index in [2.05, 4.69) is 47.4 Å². The van der Waals surface area contributed by atoms with Crippen LogP contribution in [0.2, 0.25) is 0 Å². The van der Waals surface area contributed by atoms with Crippen LogP contribution in [0.3, 0.4) is 0 Å². The van der Waals surface area contributed by atoms with E-state index >= 15 is 0 Å². The van der Waals surface area contributed by atoms with Crippen LogP contribution in [0.5, 0.6) is 0 Å². The van der Waals surface area contributed by atoms with Gasteiger partial charge in [-0.2, -0.15) is 0 Å². The highest BCUT2D eigenvalue weighted by molar-refractivity contribution is 5.79. The number of hydrogen-bond acceptors (Lipinski definition) is 2. The number of fused-ring (bicyclic) bond motifs is 1. The number of benzene rings is 3.